The fraction of sp³-hybridized carbons (Fsp3) is 0.385. The maximum Gasteiger partial charge on any atom is 0.311 e. The molecule has 21 heavy (non-hydrogen) atoms. The monoisotopic (exact) mass is 308 g/mol. The van der Waals surface area contributed by atoms with Crippen LogP contribution in [0.3, 0.4) is 0 Å². The molecule has 0 spiro atoms. The molecular formula is C13H16N4O3S. The van der Waals surface area contributed by atoms with Crippen molar-refractivity contribution in [2.45, 2.75) is 20.4 Å². The van der Waals surface area contributed by atoms with Crippen LogP contribution in [0.25, 0.3) is 10.6 Å². The molecule has 0 aliphatic heterocycles. The van der Waals surface area contributed by atoms with Gasteiger partial charge in [0.25, 0.3) is 0 Å². The third-order valence-electron chi connectivity index (χ3n) is 2.70. The predicted octanol–water partition coefficient (Wildman–Crippen LogP) is 2.62. The van der Waals surface area contributed by atoms with Gasteiger partial charge >= 0.3 is 5.69 Å². The van der Waals surface area contributed by atoms with Crippen molar-refractivity contribution < 1.29 is 9.66 Å². The molecule has 8 heteroatoms. The van der Waals surface area contributed by atoms with E-state index >= 15 is 0 Å². The summed E-state index contributed by atoms with van der Waals surface area (Å²) in [6.45, 7) is 5.62. The largest absolute Gasteiger partial charge is 0.487 e. The number of nitrogens with one attached hydrogen (secondary N) is 1. The van der Waals surface area contributed by atoms with Crippen LogP contribution in [-0.2, 0) is 6.54 Å². The van der Waals surface area contributed by atoms with Crippen molar-refractivity contribution in [3.63, 3.8) is 0 Å². The highest BCUT2D eigenvalue weighted by Gasteiger charge is 2.22. The van der Waals surface area contributed by atoms with Crippen molar-refractivity contribution in [2.24, 2.45) is 0 Å². The molecule has 0 unspecified atom stereocenters. The molecule has 1 heterocycles. The molecule has 1 aromatic carbocycles. The number of rotatable bonds is 7. The molecule has 0 aliphatic carbocycles. The fourth-order valence-electron chi connectivity index (χ4n) is 1.80. The van der Waals surface area contributed by atoms with Gasteiger partial charge in [-0.05, 0) is 19.5 Å². The summed E-state index contributed by atoms with van der Waals surface area (Å²) in [5.74, 6) is 0.246. The van der Waals surface area contributed by atoms with Crippen molar-refractivity contribution >= 4 is 17.0 Å². The van der Waals surface area contributed by atoms with Gasteiger partial charge in [0.15, 0.2) is 5.01 Å². The second-order valence-electron chi connectivity index (χ2n) is 4.13. The lowest BCUT2D eigenvalue weighted by molar-refractivity contribution is -0.385. The van der Waals surface area contributed by atoms with E-state index in [2.05, 4.69) is 15.5 Å². The van der Waals surface area contributed by atoms with Gasteiger partial charge in [-0.25, -0.2) is 0 Å². The Hall–Kier alpha value is -2.06. The molecule has 0 saturated heterocycles. The summed E-state index contributed by atoms with van der Waals surface area (Å²) in [6, 6.07) is 4.81. The van der Waals surface area contributed by atoms with E-state index in [-0.39, 0.29) is 11.4 Å². The molecule has 1 N–H and O–H groups in total. The van der Waals surface area contributed by atoms with Crippen molar-refractivity contribution in [3.05, 3.63) is 33.3 Å². The van der Waals surface area contributed by atoms with Gasteiger partial charge in [0.1, 0.15) is 5.01 Å². The van der Waals surface area contributed by atoms with Crippen LogP contribution in [0, 0.1) is 10.1 Å². The Morgan fingerprint density at radius 1 is 1.38 bits per heavy atom. The fourth-order valence-corrected chi connectivity index (χ4v) is 2.63. The maximum atomic E-state index is 11.1. The van der Waals surface area contributed by atoms with Gasteiger partial charge in [0, 0.05) is 12.6 Å². The highest BCUT2D eigenvalue weighted by atomic mass is 32.1. The second kappa shape index (κ2) is 7.09. The summed E-state index contributed by atoms with van der Waals surface area (Å²) in [6.07, 6.45) is 0. The predicted molar refractivity (Wildman–Crippen MR) is 80.5 cm³/mol. The average Bonchev–Trinajstić information content (AvgIpc) is 2.94. The van der Waals surface area contributed by atoms with E-state index in [1.165, 1.54) is 17.4 Å². The lowest BCUT2D eigenvalue weighted by Gasteiger charge is -2.07. The molecular weight excluding hydrogens is 292 g/mol. The van der Waals surface area contributed by atoms with Crippen LogP contribution in [0.4, 0.5) is 5.69 Å². The summed E-state index contributed by atoms with van der Waals surface area (Å²) in [7, 11) is 0. The number of para-hydroxylation sites is 1. The average molecular weight is 308 g/mol. The highest BCUT2D eigenvalue weighted by molar-refractivity contribution is 7.14. The molecule has 0 bridgehead atoms. The van der Waals surface area contributed by atoms with Crippen LogP contribution in [0.15, 0.2) is 18.2 Å². The van der Waals surface area contributed by atoms with Crippen molar-refractivity contribution in [2.75, 3.05) is 13.2 Å². The first-order valence-corrected chi connectivity index (χ1v) is 7.42. The van der Waals surface area contributed by atoms with Crippen LogP contribution < -0.4 is 10.1 Å². The number of hydrogen-bond donors (Lipinski definition) is 1. The zero-order valence-corrected chi connectivity index (χ0v) is 12.6. The summed E-state index contributed by atoms with van der Waals surface area (Å²) in [4.78, 5) is 10.7. The van der Waals surface area contributed by atoms with E-state index in [4.69, 9.17) is 4.74 Å². The number of ether oxygens (including phenoxy) is 1. The van der Waals surface area contributed by atoms with Crippen molar-refractivity contribution in [1.82, 2.24) is 15.5 Å². The van der Waals surface area contributed by atoms with Crippen molar-refractivity contribution in [1.29, 1.82) is 0 Å². The smallest absolute Gasteiger partial charge is 0.311 e. The van der Waals surface area contributed by atoms with Crippen LogP contribution in [0.2, 0.25) is 0 Å². The van der Waals surface area contributed by atoms with Gasteiger partial charge in [-0.15, -0.1) is 10.2 Å². The zero-order valence-electron chi connectivity index (χ0n) is 11.8. The van der Waals surface area contributed by atoms with Gasteiger partial charge < -0.3 is 10.1 Å². The minimum absolute atomic E-state index is 0.0576. The molecule has 2 rings (SSSR count). The quantitative estimate of drug-likeness (QED) is 0.624. The molecule has 1 aromatic heterocycles. The van der Waals surface area contributed by atoms with Crippen LogP contribution in [0.5, 0.6) is 5.75 Å². The minimum atomic E-state index is -0.449. The first-order valence-electron chi connectivity index (χ1n) is 6.61. The number of nitrogens with zero attached hydrogens (tertiary/aromatic N) is 3. The molecule has 0 saturated carbocycles. The van der Waals surface area contributed by atoms with E-state index in [9.17, 15) is 10.1 Å². The number of aromatic nitrogens is 2. The Labute approximate surface area is 126 Å². The Morgan fingerprint density at radius 2 is 2.19 bits per heavy atom. The topological polar surface area (TPSA) is 90.2 Å². The third kappa shape index (κ3) is 3.53. The molecule has 0 fully saturated rings. The molecule has 0 radical (unpaired) electrons. The number of benzene rings is 1. The molecule has 7 nitrogen and oxygen atoms in total. The number of nitro groups is 1. The Bertz CT molecular complexity index is 630. The molecule has 112 valence electrons. The van der Waals surface area contributed by atoms with Gasteiger partial charge in [-0.3, -0.25) is 10.1 Å². The Balaban J connectivity index is 2.40. The third-order valence-corrected chi connectivity index (χ3v) is 3.66. The SMILES string of the molecule is CCNCc1nnc(-c2cccc([N+](=O)[O-])c2OCC)s1. The standard InChI is InChI=1S/C13H16N4O3S/c1-3-14-8-11-15-16-13(21-11)9-6-5-7-10(17(18)19)12(9)20-4-2/h5-7,14H,3-4,8H2,1-2H3. The summed E-state index contributed by atoms with van der Waals surface area (Å²) in [5.41, 5.74) is 0.545. The Morgan fingerprint density at radius 3 is 2.86 bits per heavy atom. The van der Waals surface area contributed by atoms with E-state index in [0.29, 0.717) is 23.7 Å². The summed E-state index contributed by atoms with van der Waals surface area (Å²) >= 11 is 1.40. The Kier molecular flexibility index (Phi) is 5.18. The van der Waals surface area contributed by atoms with E-state index in [1.807, 2.05) is 6.92 Å². The minimum Gasteiger partial charge on any atom is -0.487 e. The lowest BCUT2D eigenvalue weighted by atomic mass is 10.2. The number of nitro benzene ring substituents is 1. The van der Waals surface area contributed by atoms with Crippen molar-refractivity contribution in [3.8, 4) is 16.3 Å². The first-order chi connectivity index (χ1) is 10.2. The highest BCUT2D eigenvalue weighted by Crippen LogP contribution is 2.38. The van der Waals surface area contributed by atoms with Crippen LogP contribution >= 0.6 is 11.3 Å². The first kappa shape index (κ1) is 15.3. The molecule has 0 amide bonds. The summed E-state index contributed by atoms with van der Waals surface area (Å²) in [5, 5.41) is 23.9. The van der Waals surface area contributed by atoms with Gasteiger partial charge in [0.05, 0.1) is 17.1 Å². The molecule has 0 atom stereocenters. The van der Waals surface area contributed by atoms with Crippen LogP contribution in [-0.4, -0.2) is 28.3 Å². The normalized spacial score (nSPS) is 10.6. The molecule has 2 aromatic rings. The van der Waals surface area contributed by atoms with E-state index in [0.717, 1.165) is 11.6 Å². The lowest BCUT2D eigenvalue weighted by Crippen LogP contribution is -2.11. The number of hydrogen-bond acceptors (Lipinski definition) is 7. The maximum absolute atomic E-state index is 11.1. The zero-order chi connectivity index (χ0) is 15.2. The van der Waals surface area contributed by atoms with Crippen LogP contribution in [0.1, 0.15) is 18.9 Å². The van der Waals surface area contributed by atoms with Gasteiger partial charge in [-0.1, -0.05) is 24.3 Å². The van der Waals surface area contributed by atoms with Gasteiger partial charge in [0.2, 0.25) is 5.75 Å². The second-order valence-corrected chi connectivity index (χ2v) is 5.19. The summed E-state index contributed by atoms with van der Waals surface area (Å²) < 4.78 is 5.46. The van der Waals surface area contributed by atoms with Gasteiger partial charge in [-0.2, -0.15) is 0 Å². The van der Waals surface area contributed by atoms with E-state index < -0.39 is 4.92 Å². The van der Waals surface area contributed by atoms with E-state index in [1.54, 1.807) is 19.1 Å². The molecule has 0 aliphatic rings.